The zero-order valence-corrected chi connectivity index (χ0v) is 11.6. The van der Waals surface area contributed by atoms with Gasteiger partial charge in [-0.2, -0.15) is 0 Å². The van der Waals surface area contributed by atoms with Gasteiger partial charge in [-0.1, -0.05) is 43.3 Å². The minimum absolute atomic E-state index is 0.187. The van der Waals surface area contributed by atoms with Crippen LogP contribution in [0.3, 0.4) is 0 Å². The van der Waals surface area contributed by atoms with Gasteiger partial charge < -0.3 is 4.74 Å². The summed E-state index contributed by atoms with van der Waals surface area (Å²) in [7, 11) is 0. The summed E-state index contributed by atoms with van der Waals surface area (Å²) < 4.78 is 5.04. The van der Waals surface area contributed by atoms with Crippen LogP contribution in [0, 0.1) is 5.92 Å². The summed E-state index contributed by atoms with van der Waals surface area (Å²) in [4.78, 5) is 25.4. The number of cyclic esters (lactones) is 1. The molecule has 1 aliphatic rings. The molecule has 0 spiro atoms. The number of amides is 2. The van der Waals surface area contributed by atoms with Crippen LogP contribution in [-0.4, -0.2) is 29.5 Å². The maximum atomic E-state index is 12.3. The lowest BCUT2D eigenvalue weighted by atomic mass is 10.0. The second-order valence-electron chi connectivity index (χ2n) is 5.05. The fraction of sp³-hybridized carbons (Fsp3) is 0.375. The minimum Gasteiger partial charge on any atom is -0.447 e. The number of rotatable bonds is 5. The van der Waals surface area contributed by atoms with Crippen LogP contribution in [0.5, 0.6) is 0 Å². The van der Waals surface area contributed by atoms with E-state index in [1.54, 1.807) is 13.0 Å². The predicted octanol–water partition coefficient (Wildman–Crippen LogP) is 2.79. The van der Waals surface area contributed by atoms with Gasteiger partial charge in [-0.15, -0.1) is 6.58 Å². The van der Waals surface area contributed by atoms with Gasteiger partial charge >= 0.3 is 6.09 Å². The standard InChI is InChI=1S/C16H19NO3/c1-3-7-12(2)15(18)17-14(11-20-16(17)19)10-13-8-5-4-6-9-13/h3-6,8-9,12,14H,1,7,10-11H2,2H3/t12-,14?/m0/s1. The number of ether oxygens (including phenoxy) is 1. The van der Waals surface area contributed by atoms with Crippen molar-refractivity contribution in [2.45, 2.75) is 25.8 Å². The third-order valence-electron chi connectivity index (χ3n) is 3.45. The molecule has 1 aromatic carbocycles. The van der Waals surface area contributed by atoms with E-state index in [0.717, 1.165) is 5.56 Å². The number of benzene rings is 1. The molecule has 1 fully saturated rings. The van der Waals surface area contributed by atoms with Crippen molar-refractivity contribution in [3.05, 3.63) is 48.6 Å². The molecule has 4 heteroatoms. The molecular formula is C16H19NO3. The van der Waals surface area contributed by atoms with Crippen molar-refractivity contribution in [1.29, 1.82) is 0 Å². The Bertz CT molecular complexity index is 498. The Morgan fingerprint density at radius 1 is 1.50 bits per heavy atom. The highest BCUT2D eigenvalue weighted by Crippen LogP contribution is 2.21. The van der Waals surface area contributed by atoms with Crippen LogP contribution in [0.25, 0.3) is 0 Å². The molecule has 1 heterocycles. The van der Waals surface area contributed by atoms with Crippen molar-refractivity contribution < 1.29 is 14.3 Å². The number of carbonyl (C=O) groups is 2. The third-order valence-corrected chi connectivity index (χ3v) is 3.45. The first-order valence-corrected chi connectivity index (χ1v) is 6.78. The second kappa shape index (κ2) is 6.37. The molecule has 1 aromatic rings. The Kier molecular flexibility index (Phi) is 4.56. The third kappa shape index (κ3) is 3.07. The van der Waals surface area contributed by atoms with E-state index in [-0.39, 0.29) is 24.5 Å². The molecule has 2 rings (SSSR count). The van der Waals surface area contributed by atoms with E-state index in [4.69, 9.17) is 4.74 Å². The fourth-order valence-electron chi connectivity index (χ4n) is 2.36. The summed E-state index contributed by atoms with van der Waals surface area (Å²) in [6.07, 6.45) is 2.34. The molecule has 20 heavy (non-hydrogen) atoms. The van der Waals surface area contributed by atoms with Crippen molar-refractivity contribution in [2.75, 3.05) is 6.61 Å². The van der Waals surface area contributed by atoms with Gasteiger partial charge in [-0.05, 0) is 18.4 Å². The molecule has 0 bridgehead atoms. The zero-order valence-electron chi connectivity index (χ0n) is 11.6. The Balaban J connectivity index is 2.10. The van der Waals surface area contributed by atoms with Crippen LogP contribution in [0.15, 0.2) is 43.0 Å². The van der Waals surface area contributed by atoms with Gasteiger partial charge in [0.2, 0.25) is 5.91 Å². The zero-order chi connectivity index (χ0) is 14.5. The lowest BCUT2D eigenvalue weighted by Gasteiger charge is -2.22. The molecule has 2 amide bonds. The number of hydrogen-bond acceptors (Lipinski definition) is 3. The Labute approximate surface area is 119 Å². The molecular weight excluding hydrogens is 254 g/mol. The monoisotopic (exact) mass is 273 g/mol. The molecule has 106 valence electrons. The average Bonchev–Trinajstić information content (AvgIpc) is 2.80. The quantitative estimate of drug-likeness (QED) is 0.775. The van der Waals surface area contributed by atoms with Crippen LogP contribution in [-0.2, 0) is 16.0 Å². The first-order chi connectivity index (χ1) is 9.63. The van der Waals surface area contributed by atoms with Gasteiger partial charge in [0.15, 0.2) is 0 Å². The Hall–Kier alpha value is -2.10. The second-order valence-corrected chi connectivity index (χ2v) is 5.05. The molecule has 0 aromatic heterocycles. The van der Waals surface area contributed by atoms with E-state index in [9.17, 15) is 9.59 Å². The smallest absolute Gasteiger partial charge is 0.416 e. The normalized spacial score (nSPS) is 19.6. The number of carbonyl (C=O) groups excluding carboxylic acids is 2. The lowest BCUT2D eigenvalue weighted by molar-refractivity contribution is -0.132. The Morgan fingerprint density at radius 2 is 2.20 bits per heavy atom. The van der Waals surface area contributed by atoms with Gasteiger partial charge in [0.05, 0.1) is 6.04 Å². The van der Waals surface area contributed by atoms with E-state index in [0.29, 0.717) is 12.8 Å². The molecule has 2 atom stereocenters. The van der Waals surface area contributed by atoms with Crippen LogP contribution < -0.4 is 0 Å². The van der Waals surface area contributed by atoms with E-state index in [2.05, 4.69) is 6.58 Å². The van der Waals surface area contributed by atoms with Gasteiger partial charge in [0, 0.05) is 5.92 Å². The molecule has 1 unspecified atom stereocenters. The van der Waals surface area contributed by atoms with Crippen LogP contribution in [0.4, 0.5) is 4.79 Å². The SMILES string of the molecule is C=CC[C@H](C)C(=O)N1C(=O)OCC1Cc1ccccc1. The fourth-order valence-corrected chi connectivity index (χ4v) is 2.36. The summed E-state index contributed by atoms with van der Waals surface area (Å²) in [6.45, 7) is 5.69. The number of nitrogens with zero attached hydrogens (tertiary/aromatic N) is 1. The minimum atomic E-state index is -0.535. The van der Waals surface area contributed by atoms with E-state index in [1.165, 1.54) is 4.90 Å². The van der Waals surface area contributed by atoms with Crippen molar-refractivity contribution in [3.63, 3.8) is 0 Å². The molecule has 0 saturated carbocycles. The highest BCUT2D eigenvalue weighted by Gasteiger charge is 2.39. The van der Waals surface area contributed by atoms with Crippen molar-refractivity contribution in [3.8, 4) is 0 Å². The number of allylic oxidation sites excluding steroid dienone is 1. The van der Waals surface area contributed by atoms with E-state index < -0.39 is 6.09 Å². The Morgan fingerprint density at radius 3 is 2.85 bits per heavy atom. The molecule has 4 nitrogen and oxygen atoms in total. The van der Waals surface area contributed by atoms with Gasteiger partial charge in [-0.3, -0.25) is 4.79 Å². The highest BCUT2D eigenvalue weighted by atomic mass is 16.6. The van der Waals surface area contributed by atoms with Gasteiger partial charge in [0.25, 0.3) is 0 Å². The van der Waals surface area contributed by atoms with Crippen molar-refractivity contribution in [2.24, 2.45) is 5.92 Å². The van der Waals surface area contributed by atoms with E-state index in [1.807, 2.05) is 30.3 Å². The topological polar surface area (TPSA) is 46.6 Å². The summed E-state index contributed by atoms with van der Waals surface area (Å²) in [5, 5.41) is 0. The molecule has 1 aliphatic heterocycles. The highest BCUT2D eigenvalue weighted by molar-refractivity contribution is 5.94. The maximum absolute atomic E-state index is 12.3. The van der Waals surface area contributed by atoms with Crippen LogP contribution >= 0.6 is 0 Å². The predicted molar refractivity (Wildman–Crippen MR) is 76.1 cm³/mol. The average molecular weight is 273 g/mol. The molecule has 1 saturated heterocycles. The van der Waals surface area contributed by atoms with Crippen molar-refractivity contribution in [1.82, 2.24) is 4.90 Å². The molecule has 0 radical (unpaired) electrons. The summed E-state index contributed by atoms with van der Waals surface area (Å²) >= 11 is 0. The van der Waals surface area contributed by atoms with Gasteiger partial charge in [-0.25, -0.2) is 9.69 Å². The summed E-state index contributed by atoms with van der Waals surface area (Å²) in [6, 6.07) is 9.58. The molecule has 0 N–H and O–H groups in total. The van der Waals surface area contributed by atoms with Crippen molar-refractivity contribution >= 4 is 12.0 Å². The van der Waals surface area contributed by atoms with E-state index >= 15 is 0 Å². The van der Waals surface area contributed by atoms with Crippen LogP contribution in [0.2, 0.25) is 0 Å². The largest absolute Gasteiger partial charge is 0.447 e. The number of imide groups is 1. The number of hydrogen-bond donors (Lipinski definition) is 0. The van der Waals surface area contributed by atoms with Gasteiger partial charge in [0.1, 0.15) is 6.61 Å². The summed E-state index contributed by atoms with van der Waals surface area (Å²) in [5.74, 6) is -0.440. The summed E-state index contributed by atoms with van der Waals surface area (Å²) in [5.41, 5.74) is 1.09. The lowest BCUT2D eigenvalue weighted by Crippen LogP contribution is -2.42. The maximum Gasteiger partial charge on any atom is 0.416 e. The first kappa shape index (κ1) is 14.3. The first-order valence-electron chi connectivity index (χ1n) is 6.78. The van der Waals surface area contributed by atoms with Crippen LogP contribution in [0.1, 0.15) is 18.9 Å². The molecule has 0 aliphatic carbocycles.